The summed E-state index contributed by atoms with van der Waals surface area (Å²) in [6, 6.07) is 11.1. The maximum atomic E-state index is 12.3. The Kier molecular flexibility index (Phi) is 5.25. The number of anilines is 2. The molecule has 0 radical (unpaired) electrons. The van der Waals surface area contributed by atoms with E-state index in [0.29, 0.717) is 18.3 Å². The van der Waals surface area contributed by atoms with Gasteiger partial charge in [-0.15, -0.1) is 16.8 Å². The molecular weight excluding hydrogens is 276 g/mol. The molecule has 1 amide bonds. The van der Waals surface area contributed by atoms with Crippen LogP contribution in [0.2, 0.25) is 0 Å². The SMILES string of the molecule is C=CCNc1ccc(C(=O)Nc2ccccc2C(C)C)nn1. The molecule has 0 unspecified atom stereocenters. The molecule has 0 aliphatic rings. The highest BCUT2D eigenvalue weighted by Crippen LogP contribution is 2.23. The molecule has 0 bridgehead atoms. The topological polar surface area (TPSA) is 66.9 Å². The summed E-state index contributed by atoms with van der Waals surface area (Å²) in [5.74, 6) is 0.669. The maximum Gasteiger partial charge on any atom is 0.276 e. The van der Waals surface area contributed by atoms with Gasteiger partial charge in [0.05, 0.1) is 0 Å². The van der Waals surface area contributed by atoms with Crippen molar-refractivity contribution in [3.63, 3.8) is 0 Å². The van der Waals surface area contributed by atoms with Crippen molar-refractivity contribution in [2.24, 2.45) is 0 Å². The number of carbonyl (C=O) groups is 1. The van der Waals surface area contributed by atoms with E-state index in [4.69, 9.17) is 0 Å². The molecule has 0 spiro atoms. The van der Waals surface area contributed by atoms with Crippen molar-refractivity contribution in [3.05, 3.63) is 60.3 Å². The van der Waals surface area contributed by atoms with E-state index in [1.54, 1.807) is 18.2 Å². The van der Waals surface area contributed by atoms with Crippen molar-refractivity contribution < 1.29 is 4.79 Å². The summed E-state index contributed by atoms with van der Waals surface area (Å²) in [6.45, 7) is 8.39. The predicted molar refractivity (Wildman–Crippen MR) is 89.2 cm³/mol. The molecule has 0 atom stereocenters. The summed E-state index contributed by atoms with van der Waals surface area (Å²) >= 11 is 0. The van der Waals surface area contributed by atoms with Gasteiger partial charge in [-0.05, 0) is 29.7 Å². The molecule has 1 aromatic carbocycles. The minimum absolute atomic E-state index is 0.268. The summed E-state index contributed by atoms with van der Waals surface area (Å²) in [4.78, 5) is 12.3. The van der Waals surface area contributed by atoms with Crippen molar-refractivity contribution in [2.45, 2.75) is 19.8 Å². The van der Waals surface area contributed by atoms with Crippen molar-refractivity contribution in [1.29, 1.82) is 0 Å². The van der Waals surface area contributed by atoms with E-state index in [2.05, 4.69) is 41.3 Å². The Hall–Kier alpha value is -2.69. The zero-order chi connectivity index (χ0) is 15.9. The summed E-state index contributed by atoms with van der Waals surface area (Å²) in [5, 5.41) is 13.8. The Labute approximate surface area is 130 Å². The molecule has 0 saturated heterocycles. The zero-order valence-corrected chi connectivity index (χ0v) is 12.8. The van der Waals surface area contributed by atoms with Crippen LogP contribution in [0.25, 0.3) is 0 Å². The standard InChI is InChI=1S/C17H20N4O/c1-4-11-18-16-10-9-15(20-21-16)17(22)19-14-8-6-5-7-13(14)12(2)3/h4-10,12H,1,11H2,2-3H3,(H,18,21)(H,19,22). The normalized spacial score (nSPS) is 10.3. The Balaban J connectivity index is 2.11. The smallest absolute Gasteiger partial charge is 0.276 e. The van der Waals surface area contributed by atoms with Crippen molar-refractivity contribution in [1.82, 2.24) is 10.2 Å². The molecule has 5 nitrogen and oxygen atoms in total. The summed E-state index contributed by atoms with van der Waals surface area (Å²) in [5.41, 5.74) is 2.17. The average molecular weight is 296 g/mol. The lowest BCUT2D eigenvalue weighted by atomic mass is 10.0. The van der Waals surface area contributed by atoms with Crippen LogP contribution in [0, 0.1) is 0 Å². The molecule has 1 heterocycles. The summed E-state index contributed by atoms with van der Waals surface area (Å²) < 4.78 is 0. The lowest BCUT2D eigenvalue weighted by Crippen LogP contribution is -2.16. The number of benzene rings is 1. The number of nitrogens with one attached hydrogen (secondary N) is 2. The Bertz CT molecular complexity index is 650. The second kappa shape index (κ2) is 7.36. The Morgan fingerprint density at radius 1 is 1.23 bits per heavy atom. The van der Waals surface area contributed by atoms with Gasteiger partial charge in [0.2, 0.25) is 0 Å². The first-order valence-electron chi connectivity index (χ1n) is 7.20. The molecule has 2 rings (SSSR count). The van der Waals surface area contributed by atoms with Crippen LogP contribution < -0.4 is 10.6 Å². The van der Waals surface area contributed by atoms with Gasteiger partial charge in [0.15, 0.2) is 5.69 Å². The van der Waals surface area contributed by atoms with E-state index < -0.39 is 0 Å². The van der Waals surface area contributed by atoms with Gasteiger partial charge in [-0.25, -0.2) is 0 Å². The van der Waals surface area contributed by atoms with Crippen LogP contribution >= 0.6 is 0 Å². The van der Waals surface area contributed by atoms with E-state index in [-0.39, 0.29) is 11.6 Å². The fraction of sp³-hybridized carbons (Fsp3) is 0.235. The highest BCUT2D eigenvalue weighted by atomic mass is 16.1. The molecule has 2 N–H and O–H groups in total. The van der Waals surface area contributed by atoms with E-state index in [1.165, 1.54) is 0 Å². The van der Waals surface area contributed by atoms with Crippen LogP contribution in [-0.2, 0) is 0 Å². The number of rotatable bonds is 6. The Morgan fingerprint density at radius 2 is 2.00 bits per heavy atom. The van der Waals surface area contributed by atoms with E-state index >= 15 is 0 Å². The lowest BCUT2D eigenvalue weighted by Gasteiger charge is -2.13. The number of amides is 1. The first kappa shape index (κ1) is 15.7. The van der Waals surface area contributed by atoms with Gasteiger partial charge in [0, 0.05) is 12.2 Å². The minimum Gasteiger partial charge on any atom is -0.365 e. The van der Waals surface area contributed by atoms with Gasteiger partial charge in [-0.1, -0.05) is 38.1 Å². The summed E-state index contributed by atoms with van der Waals surface area (Å²) in [7, 11) is 0. The van der Waals surface area contributed by atoms with E-state index in [9.17, 15) is 4.79 Å². The van der Waals surface area contributed by atoms with Crippen LogP contribution in [0.1, 0.15) is 35.8 Å². The molecule has 0 aliphatic heterocycles. The van der Waals surface area contributed by atoms with Gasteiger partial charge in [-0.3, -0.25) is 4.79 Å². The van der Waals surface area contributed by atoms with Gasteiger partial charge < -0.3 is 10.6 Å². The monoisotopic (exact) mass is 296 g/mol. The van der Waals surface area contributed by atoms with Crippen LogP contribution in [0.15, 0.2) is 49.1 Å². The Morgan fingerprint density at radius 3 is 2.64 bits per heavy atom. The fourth-order valence-corrected chi connectivity index (χ4v) is 2.03. The van der Waals surface area contributed by atoms with E-state index in [1.807, 2.05) is 24.3 Å². The molecule has 0 saturated carbocycles. The number of nitrogens with zero attached hydrogens (tertiary/aromatic N) is 2. The average Bonchev–Trinajstić information content (AvgIpc) is 2.53. The molecule has 5 heteroatoms. The molecule has 114 valence electrons. The first-order valence-corrected chi connectivity index (χ1v) is 7.20. The second-order valence-electron chi connectivity index (χ2n) is 5.17. The van der Waals surface area contributed by atoms with Gasteiger partial charge >= 0.3 is 0 Å². The highest BCUT2D eigenvalue weighted by molar-refractivity contribution is 6.03. The molecular formula is C17H20N4O. The van der Waals surface area contributed by atoms with Crippen LogP contribution in [0.5, 0.6) is 0 Å². The number of carbonyl (C=O) groups excluding carboxylic acids is 1. The van der Waals surface area contributed by atoms with Gasteiger partial charge in [0.25, 0.3) is 5.91 Å². The van der Waals surface area contributed by atoms with Crippen LogP contribution in [-0.4, -0.2) is 22.6 Å². The molecule has 1 aromatic heterocycles. The van der Waals surface area contributed by atoms with Gasteiger partial charge in [-0.2, -0.15) is 0 Å². The third-order valence-corrected chi connectivity index (χ3v) is 3.16. The fourth-order valence-electron chi connectivity index (χ4n) is 2.03. The lowest BCUT2D eigenvalue weighted by molar-refractivity contribution is 0.102. The minimum atomic E-state index is -0.268. The number of para-hydroxylation sites is 1. The largest absolute Gasteiger partial charge is 0.365 e. The number of aromatic nitrogens is 2. The zero-order valence-electron chi connectivity index (χ0n) is 12.8. The first-order chi connectivity index (χ1) is 10.6. The summed E-state index contributed by atoms with van der Waals surface area (Å²) in [6.07, 6.45) is 1.73. The molecule has 0 fully saturated rings. The predicted octanol–water partition coefficient (Wildman–Crippen LogP) is 3.45. The van der Waals surface area contributed by atoms with Crippen LogP contribution in [0.4, 0.5) is 11.5 Å². The quantitative estimate of drug-likeness (QED) is 0.801. The number of hydrogen-bond acceptors (Lipinski definition) is 4. The maximum absolute atomic E-state index is 12.3. The molecule has 0 aliphatic carbocycles. The molecule has 22 heavy (non-hydrogen) atoms. The van der Waals surface area contributed by atoms with Crippen molar-refractivity contribution in [3.8, 4) is 0 Å². The third-order valence-electron chi connectivity index (χ3n) is 3.16. The van der Waals surface area contributed by atoms with Crippen LogP contribution in [0.3, 0.4) is 0 Å². The third kappa shape index (κ3) is 3.91. The molecule has 2 aromatic rings. The number of hydrogen-bond donors (Lipinski definition) is 2. The second-order valence-corrected chi connectivity index (χ2v) is 5.17. The van der Waals surface area contributed by atoms with E-state index in [0.717, 1.165) is 11.3 Å². The van der Waals surface area contributed by atoms with Crippen molar-refractivity contribution >= 4 is 17.4 Å². The van der Waals surface area contributed by atoms with Gasteiger partial charge in [0.1, 0.15) is 5.82 Å². The van der Waals surface area contributed by atoms with Crippen molar-refractivity contribution in [2.75, 3.05) is 17.2 Å². The highest BCUT2D eigenvalue weighted by Gasteiger charge is 2.12.